The van der Waals surface area contributed by atoms with Crippen LogP contribution in [-0.4, -0.2) is 25.0 Å². The molecule has 0 unspecified atom stereocenters. The van der Waals surface area contributed by atoms with Gasteiger partial charge in [-0.25, -0.2) is 0 Å². The number of unbranched alkanes of at least 4 members (excludes halogenated alkanes) is 10. The predicted molar refractivity (Wildman–Crippen MR) is 116 cm³/mol. The van der Waals surface area contributed by atoms with E-state index in [0.717, 1.165) is 25.7 Å². The maximum atomic E-state index is 12.3. The molecular formula is C24H37NO4. The fourth-order valence-electron chi connectivity index (χ4n) is 3.61. The van der Waals surface area contributed by atoms with Crippen molar-refractivity contribution < 1.29 is 19.1 Å². The summed E-state index contributed by atoms with van der Waals surface area (Å²) in [5.41, 5.74) is 0.642. The summed E-state index contributed by atoms with van der Waals surface area (Å²) in [5, 5.41) is 2.37. The number of carbonyl (C=O) groups excluding carboxylic acids is 2. The van der Waals surface area contributed by atoms with Crippen molar-refractivity contribution in [2.75, 3.05) is 13.2 Å². The third kappa shape index (κ3) is 7.37. The zero-order chi connectivity index (χ0) is 20.9. The lowest BCUT2D eigenvalue weighted by Gasteiger charge is -2.13. The highest BCUT2D eigenvalue weighted by Crippen LogP contribution is 2.34. The molecule has 0 radical (unpaired) electrons. The van der Waals surface area contributed by atoms with Crippen LogP contribution in [0.2, 0.25) is 0 Å². The first-order valence-corrected chi connectivity index (χ1v) is 11.5. The van der Waals surface area contributed by atoms with Gasteiger partial charge in [0, 0.05) is 0 Å². The average Bonchev–Trinajstić information content (AvgIpc) is 3.02. The standard InChI is InChI=1S/C24H37NO4/c1-3-5-7-9-11-13-17-28-19-15-16-20(22-21(19)23(26)25-24(22)27)29-18-14-12-10-8-6-4-2/h15-16H,3-14,17-18H2,1-2H3,(H,25,26,27). The number of benzene rings is 1. The lowest BCUT2D eigenvalue weighted by atomic mass is 10.1. The number of ether oxygens (including phenoxy) is 2. The molecule has 29 heavy (non-hydrogen) atoms. The molecule has 0 saturated carbocycles. The number of amides is 2. The monoisotopic (exact) mass is 403 g/mol. The van der Waals surface area contributed by atoms with Gasteiger partial charge in [-0.3, -0.25) is 14.9 Å². The van der Waals surface area contributed by atoms with E-state index in [2.05, 4.69) is 19.2 Å². The van der Waals surface area contributed by atoms with E-state index in [9.17, 15) is 9.59 Å². The number of carbonyl (C=O) groups is 2. The second kappa shape index (κ2) is 13.2. The second-order valence-electron chi connectivity index (χ2n) is 7.83. The second-order valence-corrected chi connectivity index (χ2v) is 7.83. The topological polar surface area (TPSA) is 64.6 Å². The van der Waals surface area contributed by atoms with Crippen LogP contribution in [0, 0.1) is 0 Å². The predicted octanol–water partition coefficient (Wildman–Crippen LogP) is 6.05. The van der Waals surface area contributed by atoms with Crippen LogP contribution in [-0.2, 0) is 0 Å². The average molecular weight is 404 g/mol. The number of imide groups is 1. The van der Waals surface area contributed by atoms with Crippen molar-refractivity contribution >= 4 is 11.8 Å². The van der Waals surface area contributed by atoms with Gasteiger partial charge in [0.05, 0.1) is 24.3 Å². The summed E-state index contributed by atoms with van der Waals surface area (Å²) in [5.74, 6) is 0.161. The molecule has 1 N–H and O–H groups in total. The lowest BCUT2D eigenvalue weighted by molar-refractivity contribution is 0.0877. The zero-order valence-electron chi connectivity index (χ0n) is 18.2. The molecule has 162 valence electrons. The van der Waals surface area contributed by atoms with Crippen molar-refractivity contribution in [2.45, 2.75) is 90.9 Å². The van der Waals surface area contributed by atoms with E-state index in [-0.39, 0.29) is 0 Å². The molecule has 0 aromatic heterocycles. The van der Waals surface area contributed by atoms with E-state index < -0.39 is 11.8 Å². The van der Waals surface area contributed by atoms with Crippen molar-refractivity contribution in [1.82, 2.24) is 5.32 Å². The third-order valence-electron chi connectivity index (χ3n) is 5.32. The molecule has 2 amide bonds. The van der Waals surface area contributed by atoms with Gasteiger partial charge in [0.2, 0.25) is 0 Å². The number of hydrogen-bond donors (Lipinski definition) is 1. The Balaban J connectivity index is 1.86. The molecule has 1 aromatic carbocycles. The first-order valence-electron chi connectivity index (χ1n) is 11.5. The summed E-state index contributed by atoms with van der Waals surface area (Å²) in [4.78, 5) is 24.5. The molecule has 0 saturated heterocycles. The highest BCUT2D eigenvalue weighted by Gasteiger charge is 2.34. The van der Waals surface area contributed by atoms with Crippen LogP contribution in [0.25, 0.3) is 0 Å². The fourth-order valence-corrected chi connectivity index (χ4v) is 3.61. The van der Waals surface area contributed by atoms with E-state index in [4.69, 9.17) is 9.47 Å². The van der Waals surface area contributed by atoms with Gasteiger partial charge in [0.1, 0.15) is 11.5 Å². The number of fused-ring (bicyclic) bond motifs is 1. The van der Waals surface area contributed by atoms with Crippen LogP contribution < -0.4 is 14.8 Å². The van der Waals surface area contributed by atoms with E-state index in [0.29, 0.717) is 35.8 Å². The third-order valence-corrected chi connectivity index (χ3v) is 5.32. The Morgan fingerprint density at radius 3 is 1.41 bits per heavy atom. The Labute approximate surface area is 175 Å². The quantitative estimate of drug-likeness (QED) is 0.270. The minimum atomic E-state index is -0.395. The largest absolute Gasteiger partial charge is 0.493 e. The van der Waals surface area contributed by atoms with Crippen LogP contribution in [0.3, 0.4) is 0 Å². The Bertz CT molecular complexity index is 602. The minimum Gasteiger partial charge on any atom is -0.493 e. The van der Waals surface area contributed by atoms with Gasteiger partial charge in [0.15, 0.2) is 0 Å². The van der Waals surface area contributed by atoms with Gasteiger partial charge >= 0.3 is 0 Å². The first kappa shape index (κ1) is 23.2. The highest BCUT2D eigenvalue weighted by molar-refractivity contribution is 6.24. The van der Waals surface area contributed by atoms with Crippen LogP contribution in [0.1, 0.15) is 112 Å². The summed E-state index contributed by atoms with van der Waals surface area (Å²) >= 11 is 0. The molecule has 0 atom stereocenters. The van der Waals surface area contributed by atoms with Crippen molar-refractivity contribution in [1.29, 1.82) is 0 Å². The highest BCUT2D eigenvalue weighted by atomic mass is 16.5. The fraction of sp³-hybridized carbons (Fsp3) is 0.667. The van der Waals surface area contributed by atoms with Gasteiger partial charge in [-0.1, -0.05) is 78.1 Å². The molecule has 1 aromatic rings. The van der Waals surface area contributed by atoms with E-state index in [1.54, 1.807) is 12.1 Å². The molecule has 2 rings (SSSR count). The molecule has 0 bridgehead atoms. The van der Waals surface area contributed by atoms with Gasteiger partial charge in [-0.15, -0.1) is 0 Å². The van der Waals surface area contributed by atoms with Crippen LogP contribution in [0.5, 0.6) is 11.5 Å². The Hall–Kier alpha value is -2.04. The summed E-state index contributed by atoms with van der Waals surface area (Å²) in [6, 6.07) is 3.51. The first-order chi connectivity index (χ1) is 14.2. The smallest absolute Gasteiger partial charge is 0.262 e. The summed E-state index contributed by atoms with van der Waals surface area (Å²) in [6.45, 7) is 5.52. The number of nitrogens with one attached hydrogen (secondary N) is 1. The van der Waals surface area contributed by atoms with Gasteiger partial charge in [0.25, 0.3) is 11.8 Å². The Kier molecular flexibility index (Phi) is 10.6. The maximum absolute atomic E-state index is 12.3. The molecule has 1 aliphatic heterocycles. The van der Waals surface area contributed by atoms with Crippen molar-refractivity contribution in [3.8, 4) is 11.5 Å². The van der Waals surface area contributed by atoms with Crippen molar-refractivity contribution in [3.63, 3.8) is 0 Å². The van der Waals surface area contributed by atoms with E-state index >= 15 is 0 Å². The van der Waals surface area contributed by atoms with Crippen molar-refractivity contribution in [2.24, 2.45) is 0 Å². The summed E-state index contributed by atoms with van der Waals surface area (Å²) < 4.78 is 11.7. The van der Waals surface area contributed by atoms with E-state index in [1.807, 2.05) is 0 Å². The normalized spacial score (nSPS) is 12.8. The number of rotatable bonds is 16. The minimum absolute atomic E-state index is 0.321. The number of hydrogen-bond acceptors (Lipinski definition) is 4. The van der Waals surface area contributed by atoms with Crippen molar-refractivity contribution in [3.05, 3.63) is 23.3 Å². The molecule has 0 spiro atoms. The van der Waals surface area contributed by atoms with E-state index in [1.165, 1.54) is 51.4 Å². The maximum Gasteiger partial charge on any atom is 0.262 e. The zero-order valence-corrected chi connectivity index (χ0v) is 18.2. The Morgan fingerprint density at radius 1 is 0.621 bits per heavy atom. The van der Waals surface area contributed by atoms with Gasteiger partial charge < -0.3 is 9.47 Å². The van der Waals surface area contributed by atoms with Crippen LogP contribution in [0.15, 0.2) is 12.1 Å². The van der Waals surface area contributed by atoms with Gasteiger partial charge in [-0.2, -0.15) is 0 Å². The molecule has 5 nitrogen and oxygen atoms in total. The molecule has 1 aliphatic rings. The lowest BCUT2D eigenvalue weighted by Crippen LogP contribution is -2.20. The Morgan fingerprint density at radius 2 is 1.00 bits per heavy atom. The van der Waals surface area contributed by atoms with Crippen LogP contribution >= 0.6 is 0 Å². The molecule has 5 heteroatoms. The van der Waals surface area contributed by atoms with Gasteiger partial charge in [-0.05, 0) is 25.0 Å². The summed E-state index contributed by atoms with van der Waals surface area (Å²) in [6.07, 6.45) is 14.1. The SMILES string of the molecule is CCCCCCCCOc1ccc(OCCCCCCCC)c2c1C(=O)NC2=O. The molecule has 0 fully saturated rings. The molecule has 1 heterocycles. The molecule has 0 aliphatic carbocycles. The molecular weight excluding hydrogens is 366 g/mol. The summed E-state index contributed by atoms with van der Waals surface area (Å²) in [7, 11) is 0. The van der Waals surface area contributed by atoms with Crippen LogP contribution in [0.4, 0.5) is 0 Å².